The Kier molecular flexibility index (Phi) is 5.22. The zero-order valence-electron chi connectivity index (χ0n) is 8.84. The Bertz CT molecular complexity index is 297. The quantitative estimate of drug-likeness (QED) is 0.894. The van der Waals surface area contributed by atoms with Gasteiger partial charge >= 0.3 is 0 Å². The highest BCUT2D eigenvalue weighted by Gasteiger charge is 2.10. The highest BCUT2D eigenvalue weighted by Crippen LogP contribution is 2.21. The lowest BCUT2D eigenvalue weighted by molar-refractivity contribution is 0.283. The zero-order chi connectivity index (χ0) is 11.3. The Hall–Kier alpha value is -0.450. The van der Waals surface area contributed by atoms with Crippen molar-refractivity contribution in [1.82, 2.24) is 4.90 Å². The van der Waals surface area contributed by atoms with Gasteiger partial charge in [0.2, 0.25) is 0 Å². The molecule has 0 heterocycles. The van der Waals surface area contributed by atoms with Crippen LogP contribution in [0.4, 0.5) is 4.39 Å². The molecule has 84 valence electrons. The summed E-state index contributed by atoms with van der Waals surface area (Å²) >= 11 is 3.36. The van der Waals surface area contributed by atoms with Gasteiger partial charge in [-0.3, -0.25) is 4.90 Å². The van der Waals surface area contributed by atoms with Crippen molar-refractivity contribution in [2.75, 3.05) is 19.6 Å². The molecule has 0 aliphatic rings. The molecule has 0 aromatic heterocycles. The summed E-state index contributed by atoms with van der Waals surface area (Å²) < 4.78 is 14.3. The van der Waals surface area contributed by atoms with Crippen LogP contribution in [0.1, 0.15) is 12.5 Å². The fraction of sp³-hybridized carbons (Fsp3) is 0.455. The summed E-state index contributed by atoms with van der Waals surface area (Å²) in [4.78, 5) is 2.11. The summed E-state index contributed by atoms with van der Waals surface area (Å²) in [5.74, 6) is -0.167. The van der Waals surface area contributed by atoms with Gasteiger partial charge in [0.15, 0.2) is 0 Å². The van der Waals surface area contributed by atoms with Crippen molar-refractivity contribution in [3.8, 4) is 0 Å². The third-order valence-electron chi connectivity index (χ3n) is 2.34. The third-order valence-corrected chi connectivity index (χ3v) is 3.08. The van der Waals surface area contributed by atoms with Crippen LogP contribution in [0.2, 0.25) is 0 Å². The molecule has 0 atom stereocenters. The molecule has 2 nitrogen and oxygen atoms in total. The summed E-state index contributed by atoms with van der Waals surface area (Å²) in [6.07, 6.45) is 0. The predicted molar refractivity (Wildman–Crippen MR) is 64.1 cm³/mol. The summed E-state index contributed by atoms with van der Waals surface area (Å²) in [6, 6.07) is 5.03. The Morgan fingerprint density at radius 2 is 2.20 bits per heavy atom. The van der Waals surface area contributed by atoms with Crippen molar-refractivity contribution in [2.24, 2.45) is 5.73 Å². The Balaban J connectivity index is 2.78. The maximum atomic E-state index is 13.5. The lowest BCUT2D eigenvalue weighted by Crippen LogP contribution is -2.29. The van der Waals surface area contributed by atoms with Crippen LogP contribution in [0.3, 0.4) is 0 Å². The second kappa shape index (κ2) is 6.20. The number of hydrogen-bond acceptors (Lipinski definition) is 2. The maximum Gasteiger partial charge on any atom is 0.128 e. The van der Waals surface area contributed by atoms with E-state index >= 15 is 0 Å². The Labute approximate surface area is 98.4 Å². The van der Waals surface area contributed by atoms with E-state index < -0.39 is 0 Å². The highest BCUT2D eigenvalue weighted by atomic mass is 79.9. The fourth-order valence-corrected chi connectivity index (χ4v) is 1.91. The van der Waals surface area contributed by atoms with Crippen molar-refractivity contribution in [3.05, 3.63) is 34.1 Å². The highest BCUT2D eigenvalue weighted by molar-refractivity contribution is 9.10. The van der Waals surface area contributed by atoms with Crippen LogP contribution < -0.4 is 5.73 Å². The van der Waals surface area contributed by atoms with E-state index in [9.17, 15) is 4.39 Å². The molecule has 0 radical (unpaired) electrons. The molecule has 0 saturated carbocycles. The van der Waals surface area contributed by atoms with Gasteiger partial charge in [-0.25, -0.2) is 4.39 Å². The van der Waals surface area contributed by atoms with Crippen LogP contribution in [0, 0.1) is 5.82 Å². The number of nitrogens with two attached hydrogens (primary N) is 1. The van der Waals surface area contributed by atoms with Crippen LogP contribution in [-0.2, 0) is 6.54 Å². The molecular weight excluding hydrogens is 259 g/mol. The van der Waals surface area contributed by atoms with E-state index in [0.717, 1.165) is 17.6 Å². The van der Waals surface area contributed by atoms with E-state index in [-0.39, 0.29) is 5.82 Å². The van der Waals surface area contributed by atoms with Gasteiger partial charge < -0.3 is 5.73 Å². The third kappa shape index (κ3) is 3.55. The van der Waals surface area contributed by atoms with E-state index in [0.29, 0.717) is 18.7 Å². The van der Waals surface area contributed by atoms with Gasteiger partial charge in [-0.05, 0) is 18.7 Å². The first-order valence-corrected chi connectivity index (χ1v) is 5.83. The standard InChI is InChI=1S/C11H16BrFN2/c1-2-15(7-6-14)8-9-10(12)4-3-5-11(9)13/h3-5H,2,6-8,14H2,1H3. The average molecular weight is 275 g/mol. The van der Waals surface area contributed by atoms with Gasteiger partial charge in [0.05, 0.1) is 0 Å². The summed E-state index contributed by atoms with van der Waals surface area (Å²) in [5, 5.41) is 0. The number of rotatable bonds is 5. The van der Waals surface area contributed by atoms with E-state index in [2.05, 4.69) is 20.8 Å². The van der Waals surface area contributed by atoms with Crippen LogP contribution in [-0.4, -0.2) is 24.5 Å². The van der Waals surface area contributed by atoms with Gasteiger partial charge in [0.1, 0.15) is 5.82 Å². The predicted octanol–water partition coefficient (Wildman–Crippen LogP) is 2.37. The molecule has 0 saturated heterocycles. The SMILES string of the molecule is CCN(CCN)Cc1c(F)cccc1Br. The van der Waals surface area contributed by atoms with Gasteiger partial charge in [-0.15, -0.1) is 0 Å². The number of likely N-dealkylation sites (N-methyl/N-ethyl adjacent to an activating group) is 1. The van der Waals surface area contributed by atoms with E-state index in [1.165, 1.54) is 6.07 Å². The van der Waals surface area contributed by atoms with E-state index in [4.69, 9.17) is 5.73 Å². The van der Waals surface area contributed by atoms with Crippen molar-refractivity contribution in [2.45, 2.75) is 13.5 Å². The van der Waals surface area contributed by atoms with Crippen molar-refractivity contribution in [3.63, 3.8) is 0 Å². The molecule has 1 rings (SSSR count). The minimum atomic E-state index is -0.167. The first-order chi connectivity index (χ1) is 7.19. The van der Waals surface area contributed by atoms with Crippen molar-refractivity contribution >= 4 is 15.9 Å². The van der Waals surface area contributed by atoms with Crippen molar-refractivity contribution in [1.29, 1.82) is 0 Å². The van der Waals surface area contributed by atoms with Gasteiger partial charge in [0, 0.05) is 29.7 Å². The van der Waals surface area contributed by atoms with Crippen LogP contribution in [0.25, 0.3) is 0 Å². The van der Waals surface area contributed by atoms with Gasteiger partial charge in [-0.2, -0.15) is 0 Å². The van der Waals surface area contributed by atoms with Gasteiger partial charge in [-0.1, -0.05) is 28.9 Å². The lowest BCUT2D eigenvalue weighted by atomic mass is 10.2. The first-order valence-electron chi connectivity index (χ1n) is 5.04. The largest absolute Gasteiger partial charge is 0.329 e. The number of hydrogen-bond donors (Lipinski definition) is 1. The molecule has 1 aromatic rings. The van der Waals surface area contributed by atoms with E-state index in [1.54, 1.807) is 6.07 Å². The molecule has 2 N–H and O–H groups in total. The smallest absolute Gasteiger partial charge is 0.128 e. The Morgan fingerprint density at radius 3 is 2.73 bits per heavy atom. The van der Waals surface area contributed by atoms with Crippen LogP contribution in [0.5, 0.6) is 0 Å². The van der Waals surface area contributed by atoms with Crippen molar-refractivity contribution < 1.29 is 4.39 Å². The number of nitrogens with zero attached hydrogens (tertiary/aromatic N) is 1. The number of halogens is 2. The van der Waals surface area contributed by atoms with Crippen LogP contribution >= 0.6 is 15.9 Å². The minimum absolute atomic E-state index is 0.167. The average Bonchev–Trinajstić information content (AvgIpc) is 2.22. The normalized spacial score (nSPS) is 11.0. The molecule has 0 amide bonds. The molecule has 0 aliphatic heterocycles. The second-order valence-electron chi connectivity index (χ2n) is 3.36. The topological polar surface area (TPSA) is 29.3 Å². The molecule has 1 aromatic carbocycles. The molecule has 0 spiro atoms. The Morgan fingerprint density at radius 1 is 1.47 bits per heavy atom. The second-order valence-corrected chi connectivity index (χ2v) is 4.21. The molecule has 4 heteroatoms. The van der Waals surface area contributed by atoms with Gasteiger partial charge in [0.25, 0.3) is 0 Å². The summed E-state index contributed by atoms with van der Waals surface area (Å²) in [6.45, 7) is 4.90. The fourth-order valence-electron chi connectivity index (χ4n) is 1.44. The lowest BCUT2D eigenvalue weighted by Gasteiger charge is -2.20. The van der Waals surface area contributed by atoms with Crippen LogP contribution in [0.15, 0.2) is 22.7 Å². The monoisotopic (exact) mass is 274 g/mol. The minimum Gasteiger partial charge on any atom is -0.329 e. The first kappa shape index (κ1) is 12.6. The number of benzene rings is 1. The molecule has 0 bridgehead atoms. The zero-order valence-corrected chi connectivity index (χ0v) is 10.4. The maximum absolute atomic E-state index is 13.5. The summed E-state index contributed by atoms with van der Waals surface area (Å²) in [7, 11) is 0. The molecule has 0 aliphatic carbocycles. The molecule has 0 fully saturated rings. The van der Waals surface area contributed by atoms with E-state index in [1.807, 2.05) is 13.0 Å². The molecular formula is C11H16BrFN2. The molecule has 0 unspecified atom stereocenters. The molecule has 15 heavy (non-hydrogen) atoms. The summed E-state index contributed by atoms with van der Waals surface area (Å²) in [5.41, 5.74) is 6.19.